The Morgan fingerprint density at radius 1 is 1.60 bits per heavy atom. The highest BCUT2D eigenvalue weighted by Gasteiger charge is 2.29. The summed E-state index contributed by atoms with van der Waals surface area (Å²) in [5, 5.41) is 0. The molecule has 2 amide bonds. The molecule has 0 bridgehead atoms. The van der Waals surface area contributed by atoms with Crippen molar-refractivity contribution in [1.29, 1.82) is 0 Å². The topological polar surface area (TPSA) is 63.7 Å². The van der Waals surface area contributed by atoms with Crippen LogP contribution in [0.25, 0.3) is 0 Å². The summed E-state index contributed by atoms with van der Waals surface area (Å²) >= 11 is 0. The summed E-state index contributed by atoms with van der Waals surface area (Å²) in [6.07, 6.45) is -0.262. The lowest BCUT2D eigenvalue weighted by Crippen LogP contribution is -2.30. The molecule has 1 fully saturated rings. The average Bonchev–Trinajstić information content (AvgIpc) is 2.20. The van der Waals surface area contributed by atoms with E-state index >= 15 is 0 Å². The van der Waals surface area contributed by atoms with Gasteiger partial charge in [-0.3, -0.25) is 4.79 Å². The average molecular weight is 143 g/mol. The van der Waals surface area contributed by atoms with Crippen molar-refractivity contribution in [3.8, 4) is 0 Å². The molecule has 5 heteroatoms. The minimum absolute atomic E-state index is 0.211. The number of imide groups is 1. The van der Waals surface area contributed by atoms with Crippen LogP contribution in [0.5, 0.6) is 0 Å². The first-order valence-corrected chi connectivity index (χ1v) is 2.66. The SMILES string of the molecule is O=CCN1C(=O)COC1=O. The summed E-state index contributed by atoms with van der Waals surface area (Å²) in [6.45, 7) is -0.454. The fraction of sp³-hybridized carbons (Fsp3) is 0.400. The molecule has 1 aliphatic heterocycles. The van der Waals surface area contributed by atoms with Gasteiger partial charge in [-0.25, -0.2) is 9.69 Å². The Kier molecular flexibility index (Phi) is 1.66. The molecular formula is C5H5NO4. The van der Waals surface area contributed by atoms with E-state index in [4.69, 9.17) is 0 Å². The molecule has 1 saturated heterocycles. The van der Waals surface area contributed by atoms with Gasteiger partial charge in [-0.1, -0.05) is 0 Å². The zero-order valence-corrected chi connectivity index (χ0v) is 5.07. The van der Waals surface area contributed by atoms with Crippen molar-refractivity contribution in [3.05, 3.63) is 0 Å². The number of hydrogen-bond acceptors (Lipinski definition) is 4. The van der Waals surface area contributed by atoms with Crippen molar-refractivity contribution in [1.82, 2.24) is 4.90 Å². The molecule has 0 radical (unpaired) electrons. The Balaban J connectivity index is 2.62. The fourth-order valence-electron chi connectivity index (χ4n) is 0.632. The second-order valence-electron chi connectivity index (χ2n) is 1.73. The lowest BCUT2D eigenvalue weighted by Gasteiger charge is -2.03. The number of rotatable bonds is 2. The van der Waals surface area contributed by atoms with Crippen LogP contribution in [0.3, 0.4) is 0 Å². The molecule has 0 aromatic heterocycles. The number of carbonyl (C=O) groups is 3. The van der Waals surface area contributed by atoms with Gasteiger partial charge in [0.25, 0.3) is 5.91 Å². The molecule has 0 aromatic carbocycles. The Morgan fingerprint density at radius 2 is 2.30 bits per heavy atom. The molecule has 5 nitrogen and oxygen atoms in total. The summed E-state index contributed by atoms with van der Waals surface area (Å²) < 4.78 is 4.31. The molecule has 0 aromatic rings. The summed E-state index contributed by atoms with van der Waals surface area (Å²) in [7, 11) is 0. The van der Waals surface area contributed by atoms with Gasteiger partial charge < -0.3 is 9.53 Å². The number of hydrogen-bond donors (Lipinski definition) is 0. The van der Waals surface area contributed by atoms with E-state index in [0.29, 0.717) is 6.29 Å². The van der Waals surface area contributed by atoms with Gasteiger partial charge in [0.05, 0.1) is 6.54 Å². The highest BCUT2D eigenvalue weighted by molar-refractivity contribution is 5.99. The Bertz CT molecular complexity index is 172. The normalized spacial score (nSPS) is 17.4. The molecule has 0 unspecified atom stereocenters. The van der Waals surface area contributed by atoms with E-state index in [0.717, 1.165) is 4.90 Å². The van der Waals surface area contributed by atoms with Crippen LogP contribution in [0.4, 0.5) is 4.79 Å². The first-order valence-electron chi connectivity index (χ1n) is 2.66. The van der Waals surface area contributed by atoms with Gasteiger partial charge in [0, 0.05) is 0 Å². The van der Waals surface area contributed by atoms with Crippen molar-refractivity contribution >= 4 is 18.3 Å². The van der Waals surface area contributed by atoms with E-state index < -0.39 is 12.0 Å². The number of carbonyl (C=O) groups excluding carboxylic acids is 3. The maximum absolute atomic E-state index is 10.6. The highest BCUT2D eigenvalue weighted by Crippen LogP contribution is 2.02. The van der Waals surface area contributed by atoms with E-state index in [1.165, 1.54) is 0 Å². The number of amides is 2. The Labute approximate surface area is 56.6 Å². The van der Waals surface area contributed by atoms with Crippen molar-refractivity contribution in [2.24, 2.45) is 0 Å². The molecule has 0 saturated carbocycles. The van der Waals surface area contributed by atoms with E-state index in [1.54, 1.807) is 0 Å². The van der Waals surface area contributed by atoms with Crippen LogP contribution in [-0.4, -0.2) is 36.3 Å². The summed E-state index contributed by atoms with van der Waals surface area (Å²) in [5.41, 5.74) is 0. The van der Waals surface area contributed by atoms with Gasteiger partial charge in [0.1, 0.15) is 6.29 Å². The van der Waals surface area contributed by atoms with Gasteiger partial charge in [-0.2, -0.15) is 0 Å². The monoisotopic (exact) mass is 143 g/mol. The number of cyclic esters (lactones) is 1. The van der Waals surface area contributed by atoms with Crippen molar-refractivity contribution in [3.63, 3.8) is 0 Å². The number of nitrogens with zero attached hydrogens (tertiary/aromatic N) is 1. The molecule has 0 spiro atoms. The summed E-state index contributed by atoms with van der Waals surface area (Å²) in [4.78, 5) is 31.7. The maximum Gasteiger partial charge on any atom is 0.417 e. The molecule has 54 valence electrons. The van der Waals surface area contributed by atoms with E-state index in [1.807, 2.05) is 0 Å². The number of aldehydes is 1. The molecule has 0 aliphatic carbocycles. The Hall–Kier alpha value is -1.39. The van der Waals surface area contributed by atoms with Crippen LogP contribution >= 0.6 is 0 Å². The lowest BCUT2D eigenvalue weighted by molar-refractivity contribution is -0.127. The molecule has 10 heavy (non-hydrogen) atoms. The minimum atomic E-state index is -0.739. The van der Waals surface area contributed by atoms with Crippen LogP contribution in [-0.2, 0) is 14.3 Å². The van der Waals surface area contributed by atoms with Crippen LogP contribution in [0.2, 0.25) is 0 Å². The molecule has 1 rings (SSSR count). The maximum atomic E-state index is 10.6. The summed E-state index contributed by atoms with van der Waals surface area (Å²) in [6, 6.07) is 0. The minimum Gasteiger partial charge on any atom is -0.439 e. The van der Waals surface area contributed by atoms with E-state index in [9.17, 15) is 14.4 Å². The fourth-order valence-corrected chi connectivity index (χ4v) is 0.632. The first kappa shape index (κ1) is 6.73. The largest absolute Gasteiger partial charge is 0.439 e. The molecule has 1 heterocycles. The highest BCUT2D eigenvalue weighted by atomic mass is 16.6. The molecule has 0 atom stereocenters. The molecule has 1 aliphatic rings. The van der Waals surface area contributed by atoms with Crippen LogP contribution in [0.15, 0.2) is 0 Å². The van der Waals surface area contributed by atoms with E-state index in [-0.39, 0.29) is 13.2 Å². The van der Waals surface area contributed by atoms with Gasteiger partial charge >= 0.3 is 6.09 Å². The predicted octanol–water partition coefficient (Wildman–Crippen LogP) is -0.836. The standard InChI is InChI=1S/C5H5NO4/c7-2-1-6-4(8)3-10-5(6)9/h2H,1,3H2. The number of ether oxygens (including phenoxy) is 1. The van der Waals surface area contributed by atoms with Crippen molar-refractivity contribution in [2.75, 3.05) is 13.2 Å². The van der Waals surface area contributed by atoms with Crippen LogP contribution in [0, 0.1) is 0 Å². The third-order valence-electron chi connectivity index (χ3n) is 1.10. The second kappa shape index (κ2) is 2.47. The van der Waals surface area contributed by atoms with Gasteiger partial charge in [-0.15, -0.1) is 0 Å². The first-order chi connectivity index (χ1) is 4.75. The zero-order valence-electron chi connectivity index (χ0n) is 5.07. The molecule has 0 N–H and O–H groups in total. The van der Waals surface area contributed by atoms with Gasteiger partial charge in [0.2, 0.25) is 0 Å². The molecular weight excluding hydrogens is 138 g/mol. The van der Waals surface area contributed by atoms with Crippen LogP contribution < -0.4 is 0 Å². The smallest absolute Gasteiger partial charge is 0.417 e. The van der Waals surface area contributed by atoms with Crippen LogP contribution in [0.1, 0.15) is 0 Å². The zero-order chi connectivity index (χ0) is 7.56. The second-order valence-corrected chi connectivity index (χ2v) is 1.73. The third kappa shape index (κ3) is 0.975. The van der Waals surface area contributed by atoms with E-state index in [2.05, 4.69) is 4.74 Å². The van der Waals surface area contributed by atoms with Gasteiger partial charge in [-0.05, 0) is 0 Å². The Morgan fingerprint density at radius 3 is 2.70 bits per heavy atom. The predicted molar refractivity (Wildman–Crippen MR) is 29.1 cm³/mol. The van der Waals surface area contributed by atoms with Gasteiger partial charge in [0.15, 0.2) is 6.61 Å². The van der Waals surface area contributed by atoms with Crippen molar-refractivity contribution < 1.29 is 19.1 Å². The quantitative estimate of drug-likeness (QED) is 0.473. The summed E-state index contributed by atoms with van der Waals surface area (Å²) in [5.74, 6) is -0.461. The van der Waals surface area contributed by atoms with Crippen molar-refractivity contribution in [2.45, 2.75) is 0 Å². The lowest BCUT2D eigenvalue weighted by atomic mass is 10.5. The third-order valence-corrected chi connectivity index (χ3v) is 1.10.